The minimum Gasteiger partial charge on any atom is -0.459 e. The predicted molar refractivity (Wildman–Crippen MR) is 75.3 cm³/mol. The zero-order chi connectivity index (χ0) is 13.5. The lowest BCUT2D eigenvalue weighted by Gasteiger charge is -2.23. The van der Waals surface area contributed by atoms with E-state index in [9.17, 15) is 4.79 Å². The van der Waals surface area contributed by atoms with Crippen LogP contribution in [-0.2, 0) is 9.53 Å². The standard InChI is InChI=1S/C13H27NO2S/c1-6-8-10(14)11(7-2)17-9-12(15)16-13(3,4)5/h10-11H,6-9,14H2,1-5H3. The third-order valence-corrected chi connectivity index (χ3v) is 3.85. The Morgan fingerprint density at radius 1 is 1.35 bits per heavy atom. The van der Waals surface area contributed by atoms with Gasteiger partial charge in [-0.25, -0.2) is 0 Å². The lowest BCUT2D eigenvalue weighted by atomic mass is 10.1. The summed E-state index contributed by atoms with van der Waals surface area (Å²) >= 11 is 1.62. The van der Waals surface area contributed by atoms with Gasteiger partial charge in [-0.2, -0.15) is 0 Å². The molecule has 4 heteroatoms. The minimum atomic E-state index is -0.398. The van der Waals surface area contributed by atoms with Gasteiger partial charge in [0.05, 0.1) is 5.75 Å². The maximum Gasteiger partial charge on any atom is 0.316 e. The van der Waals surface area contributed by atoms with Gasteiger partial charge in [0, 0.05) is 11.3 Å². The van der Waals surface area contributed by atoms with Crippen LogP contribution in [0.4, 0.5) is 0 Å². The van der Waals surface area contributed by atoms with E-state index in [2.05, 4.69) is 13.8 Å². The normalized spacial score (nSPS) is 15.4. The SMILES string of the molecule is CCCC(N)C(CC)SCC(=O)OC(C)(C)C. The van der Waals surface area contributed by atoms with E-state index in [1.165, 1.54) is 0 Å². The number of carbonyl (C=O) groups is 1. The molecular weight excluding hydrogens is 234 g/mol. The molecule has 0 saturated heterocycles. The van der Waals surface area contributed by atoms with Crippen molar-refractivity contribution >= 4 is 17.7 Å². The second kappa shape index (κ2) is 7.98. The smallest absolute Gasteiger partial charge is 0.316 e. The Balaban J connectivity index is 4.02. The molecule has 0 fully saturated rings. The molecule has 0 aromatic rings. The second-order valence-corrected chi connectivity index (χ2v) is 6.52. The van der Waals surface area contributed by atoms with Gasteiger partial charge >= 0.3 is 5.97 Å². The Hall–Kier alpha value is -0.220. The highest BCUT2D eigenvalue weighted by molar-refractivity contribution is 8.00. The predicted octanol–water partition coefficient (Wildman–Crippen LogP) is 2.97. The summed E-state index contributed by atoms with van der Waals surface area (Å²) in [5, 5.41) is 0.350. The molecular formula is C13H27NO2S. The zero-order valence-electron chi connectivity index (χ0n) is 11.8. The molecule has 0 rings (SSSR count). The summed E-state index contributed by atoms with van der Waals surface area (Å²) in [4.78, 5) is 11.6. The quantitative estimate of drug-likeness (QED) is 0.716. The fourth-order valence-corrected chi connectivity index (χ4v) is 2.64. The van der Waals surface area contributed by atoms with Crippen LogP contribution in [0.5, 0.6) is 0 Å². The third-order valence-electron chi connectivity index (χ3n) is 2.34. The van der Waals surface area contributed by atoms with Crippen LogP contribution in [0.15, 0.2) is 0 Å². The van der Waals surface area contributed by atoms with E-state index in [1.54, 1.807) is 11.8 Å². The van der Waals surface area contributed by atoms with Crippen LogP contribution in [0.3, 0.4) is 0 Å². The van der Waals surface area contributed by atoms with Gasteiger partial charge < -0.3 is 10.5 Å². The van der Waals surface area contributed by atoms with Crippen LogP contribution in [0.1, 0.15) is 53.9 Å². The van der Waals surface area contributed by atoms with E-state index >= 15 is 0 Å². The summed E-state index contributed by atoms with van der Waals surface area (Å²) in [5.74, 6) is 0.248. The summed E-state index contributed by atoms with van der Waals surface area (Å²) in [6.45, 7) is 9.90. The van der Waals surface area contributed by atoms with E-state index < -0.39 is 5.60 Å². The van der Waals surface area contributed by atoms with Gasteiger partial charge in [-0.3, -0.25) is 4.79 Å². The highest BCUT2D eigenvalue weighted by atomic mass is 32.2. The number of hydrogen-bond acceptors (Lipinski definition) is 4. The van der Waals surface area contributed by atoms with Crippen molar-refractivity contribution in [3.63, 3.8) is 0 Å². The van der Waals surface area contributed by atoms with Gasteiger partial charge in [0.2, 0.25) is 0 Å². The summed E-state index contributed by atoms with van der Waals surface area (Å²) in [7, 11) is 0. The highest BCUT2D eigenvalue weighted by Crippen LogP contribution is 2.21. The number of ether oxygens (including phenoxy) is 1. The summed E-state index contributed by atoms with van der Waals surface area (Å²) < 4.78 is 5.27. The molecule has 2 atom stereocenters. The average molecular weight is 261 g/mol. The molecule has 0 aromatic heterocycles. The average Bonchev–Trinajstić information content (AvgIpc) is 2.16. The fourth-order valence-electron chi connectivity index (χ4n) is 1.61. The highest BCUT2D eigenvalue weighted by Gasteiger charge is 2.20. The van der Waals surface area contributed by atoms with Crippen molar-refractivity contribution in [3.8, 4) is 0 Å². The molecule has 0 aliphatic carbocycles. The fraction of sp³-hybridized carbons (Fsp3) is 0.923. The van der Waals surface area contributed by atoms with Crippen molar-refractivity contribution < 1.29 is 9.53 Å². The molecule has 0 aliphatic rings. The van der Waals surface area contributed by atoms with Crippen LogP contribution < -0.4 is 5.73 Å². The number of hydrogen-bond donors (Lipinski definition) is 1. The van der Waals surface area contributed by atoms with E-state index in [-0.39, 0.29) is 12.0 Å². The molecule has 2 unspecified atom stereocenters. The van der Waals surface area contributed by atoms with Crippen molar-refractivity contribution in [2.24, 2.45) is 5.73 Å². The monoisotopic (exact) mass is 261 g/mol. The first-order chi connectivity index (χ1) is 7.80. The van der Waals surface area contributed by atoms with Gasteiger partial charge in [0.15, 0.2) is 0 Å². The zero-order valence-corrected chi connectivity index (χ0v) is 12.6. The molecule has 0 radical (unpaired) electrons. The molecule has 0 amide bonds. The Kier molecular flexibility index (Phi) is 7.88. The molecule has 0 aromatic carbocycles. The molecule has 17 heavy (non-hydrogen) atoms. The van der Waals surface area contributed by atoms with Crippen LogP contribution in [0.2, 0.25) is 0 Å². The molecule has 0 saturated carbocycles. The molecule has 0 bridgehead atoms. The van der Waals surface area contributed by atoms with Crippen molar-refractivity contribution in [3.05, 3.63) is 0 Å². The number of nitrogens with two attached hydrogens (primary N) is 1. The maximum absolute atomic E-state index is 11.6. The Labute approximate surface area is 110 Å². The molecule has 0 aliphatic heterocycles. The number of rotatable bonds is 7. The first kappa shape index (κ1) is 16.8. The van der Waals surface area contributed by atoms with Crippen molar-refractivity contribution in [2.45, 2.75) is 70.8 Å². The van der Waals surface area contributed by atoms with Gasteiger partial charge in [0.25, 0.3) is 0 Å². The largest absolute Gasteiger partial charge is 0.459 e. The number of thioether (sulfide) groups is 1. The van der Waals surface area contributed by atoms with E-state index in [0.29, 0.717) is 11.0 Å². The summed E-state index contributed by atoms with van der Waals surface area (Å²) in [5.41, 5.74) is 5.68. The molecule has 102 valence electrons. The Morgan fingerprint density at radius 3 is 2.35 bits per heavy atom. The van der Waals surface area contributed by atoms with Gasteiger partial charge in [-0.05, 0) is 33.6 Å². The third kappa shape index (κ3) is 8.50. The van der Waals surface area contributed by atoms with Crippen LogP contribution in [-0.4, -0.2) is 28.6 Å². The van der Waals surface area contributed by atoms with Crippen LogP contribution >= 0.6 is 11.8 Å². The van der Waals surface area contributed by atoms with Crippen LogP contribution in [0, 0.1) is 0 Å². The van der Waals surface area contributed by atoms with E-state index in [1.807, 2.05) is 20.8 Å². The molecule has 2 N–H and O–H groups in total. The second-order valence-electron chi connectivity index (χ2n) is 5.30. The van der Waals surface area contributed by atoms with Gasteiger partial charge in [-0.15, -0.1) is 11.8 Å². The van der Waals surface area contributed by atoms with E-state index in [4.69, 9.17) is 10.5 Å². The maximum atomic E-state index is 11.6. The molecule has 0 heterocycles. The van der Waals surface area contributed by atoms with Gasteiger partial charge in [0.1, 0.15) is 5.60 Å². The van der Waals surface area contributed by atoms with Crippen LogP contribution in [0.25, 0.3) is 0 Å². The van der Waals surface area contributed by atoms with Crippen molar-refractivity contribution in [1.29, 1.82) is 0 Å². The summed E-state index contributed by atoms with van der Waals surface area (Å²) in [6.07, 6.45) is 3.10. The van der Waals surface area contributed by atoms with E-state index in [0.717, 1.165) is 19.3 Å². The number of esters is 1. The summed E-state index contributed by atoms with van der Waals surface area (Å²) in [6, 6.07) is 0.178. The lowest BCUT2D eigenvalue weighted by molar-refractivity contribution is -0.151. The van der Waals surface area contributed by atoms with Crippen molar-refractivity contribution in [1.82, 2.24) is 0 Å². The number of carbonyl (C=O) groups excluding carboxylic acids is 1. The molecule has 0 spiro atoms. The topological polar surface area (TPSA) is 52.3 Å². The van der Waals surface area contributed by atoms with Crippen molar-refractivity contribution in [2.75, 3.05) is 5.75 Å². The lowest BCUT2D eigenvalue weighted by Crippen LogP contribution is -2.33. The molecule has 3 nitrogen and oxygen atoms in total. The first-order valence-corrected chi connectivity index (χ1v) is 7.44. The Bertz CT molecular complexity index is 226. The minimum absolute atomic E-state index is 0.148. The first-order valence-electron chi connectivity index (χ1n) is 6.39. The van der Waals surface area contributed by atoms with Gasteiger partial charge in [-0.1, -0.05) is 20.3 Å². The Morgan fingerprint density at radius 2 is 1.94 bits per heavy atom.